The third-order valence-corrected chi connectivity index (χ3v) is 2.67. The monoisotopic (exact) mass is 253 g/mol. The van der Waals surface area contributed by atoms with Crippen LogP contribution in [0.25, 0.3) is 0 Å². The highest BCUT2D eigenvalue weighted by Gasteiger charge is 2.33. The molecule has 0 aliphatic heterocycles. The van der Waals surface area contributed by atoms with Crippen molar-refractivity contribution in [2.24, 2.45) is 0 Å². The summed E-state index contributed by atoms with van der Waals surface area (Å²) in [5, 5.41) is 20.9. The van der Waals surface area contributed by atoms with E-state index in [1.807, 2.05) is 6.92 Å². The molecule has 0 heterocycles. The third kappa shape index (κ3) is 3.72. The Hall–Kier alpha value is -1.59. The summed E-state index contributed by atoms with van der Waals surface area (Å²) in [6.45, 7) is 3.99. The summed E-state index contributed by atoms with van der Waals surface area (Å²) in [5.41, 5.74) is -0.320. The van der Waals surface area contributed by atoms with Crippen LogP contribution in [0.3, 0.4) is 0 Å². The van der Waals surface area contributed by atoms with Crippen molar-refractivity contribution >= 4 is 5.97 Å². The lowest BCUT2D eigenvalue weighted by Gasteiger charge is -2.25. The summed E-state index contributed by atoms with van der Waals surface area (Å²) in [7, 11) is 0. The van der Waals surface area contributed by atoms with E-state index in [0.717, 1.165) is 5.56 Å². The number of benzene rings is 1. The van der Waals surface area contributed by atoms with Crippen molar-refractivity contribution in [3.8, 4) is 5.75 Å². The highest BCUT2D eigenvalue weighted by molar-refractivity contribution is 5.78. The van der Waals surface area contributed by atoms with Crippen LogP contribution in [0.15, 0.2) is 24.3 Å². The molecule has 0 amide bonds. The summed E-state index contributed by atoms with van der Waals surface area (Å²) in [6.07, 6.45) is 0. The minimum absolute atomic E-state index is 0.0233. The Labute approximate surface area is 106 Å². The van der Waals surface area contributed by atoms with Gasteiger partial charge in [-0.1, -0.05) is 19.1 Å². The van der Waals surface area contributed by atoms with Crippen molar-refractivity contribution < 1.29 is 19.7 Å². The SMILES string of the molecule is CCNC(C)(COc1ccc(CO)cc1)C(=O)O. The topological polar surface area (TPSA) is 78.8 Å². The number of hydrogen-bond acceptors (Lipinski definition) is 4. The number of carbonyl (C=O) groups is 1. The first kappa shape index (κ1) is 14.5. The number of aliphatic hydroxyl groups is 1. The molecule has 3 N–H and O–H groups in total. The van der Waals surface area contributed by atoms with Gasteiger partial charge in [-0.05, 0) is 31.2 Å². The van der Waals surface area contributed by atoms with E-state index in [1.165, 1.54) is 0 Å². The lowest BCUT2D eigenvalue weighted by atomic mass is 10.0. The Morgan fingerprint density at radius 1 is 1.39 bits per heavy atom. The molecule has 0 fully saturated rings. The van der Waals surface area contributed by atoms with E-state index in [9.17, 15) is 4.79 Å². The van der Waals surface area contributed by atoms with E-state index >= 15 is 0 Å². The van der Waals surface area contributed by atoms with Crippen LogP contribution in [-0.2, 0) is 11.4 Å². The second kappa shape index (κ2) is 6.37. The summed E-state index contributed by atoms with van der Waals surface area (Å²) in [4.78, 5) is 11.2. The average Bonchev–Trinajstić information content (AvgIpc) is 2.37. The van der Waals surface area contributed by atoms with Crippen molar-refractivity contribution in [2.45, 2.75) is 26.0 Å². The van der Waals surface area contributed by atoms with Crippen molar-refractivity contribution in [3.63, 3.8) is 0 Å². The van der Waals surface area contributed by atoms with Crippen molar-refractivity contribution in [2.75, 3.05) is 13.2 Å². The van der Waals surface area contributed by atoms with E-state index in [1.54, 1.807) is 31.2 Å². The van der Waals surface area contributed by atoms with Gasteiger partial charge in [-0.2, -0.15) is 0 Å². The predicted molar refractivity (Wildman–Crippen MR) is 67.6 cm³/mol. The number of likely N-dealkylation sites (N-methyl/N-ethyl adjacent to an activating group) is 1. The molecule has 1 aromatic rings. The number of rotatable bonds is 7. The number of carboxylic acids is 1. The van der Waals surface area contributed by atoms with Gasteiger partial charge in [-0.25, -0.2) is 0 Å². The minimum Gasteiger partial charge on any atom is -0.491 e. The maximum Gasteiger partial charge on any atom is 0.327 e. The largest absolute Gasteiger partial charge is 0.491 e. The highest BCUT2D eigenvalue weighted by atomic mass is 16.5. The average molecular weight is 253 g/mol. The van der Waals surface area contributed by atoms with Gasteiger partial charge in [-0.3, -0.25) is 10.1 Å². The Kier molecular flexibility index (Phi) is 5.12. The number of ether oxygens (including phenoxy) is 1. The molecule has 5 nitrogen and oxygen atoms in total. The first-order valence-electron chi connectivity index (χ1n) is 5.83. The highest BCUT2D eigenvalue weighted by Crippen LogP contribution is 2.14. The quantitative estimate of drug-likeness (QED) is 0.676. The van der Waals surface area contributed by atoms with Crippen molar-refractivity contribution in [3.05, 3.63) is 29.8 Å². The zero-order chi connectivity index (χ0) is 13.6. The molecule has 1 rings (SSSR count). The van der Waals surface area contributed by atoms with Gasteiger partial charge in [0, 0.05) is 0 Å². The lowest BCUT2D eigenvalue weighted by Crippen LogP contribution is -2.53. The Morgan fingerprint density at radius 3 is 2.44 bits per heavy atom. The van der Waals surface area contributed by atoms with Crippen LogP contribution in [0.2, 0.25) is 0 Å². The van der Waals surface area contributed by atoms with Crippen LogP contribution in [0.5, 0.6) is 5.75 Å². The fraction of sp³-hybridized carbons (Fsp3) is 0.462. The van der Waals surface area contributed by atoms with Crippen LogP contribution in [0, 0.1) is 0 Å². The predicted octanol–water partition coefficient (Wildman–Crippen LogP) is 1.01. The van der Waals surface area contributed by atoms with Gasteiger partial charge in [-0.15, -0.1) is 0 Å². The molecule has 1 atom stereocenters. The van der Waals surface area contributed by atoms with E-state index in [2.05, 4.69) is 5.32 Å². The number of hydrogen-bond donors (Lipinski definition) is 3. The van der Waals surface area contributed by atoms with Gasteiger partial charge in [0.2, 0.25) is 0 Å². The van der Waals surface area contributed by atoms with E-state index in [-0.39, 0.29) is 13.2 Å². The van der Waals surface area contributed by atoms with Gasteiger partial charge < -0.3 is 14.9 Å². The van der Waals surface area contributed by atoms with Gasteiger partial charge in [0.15, 0.2) is 0 Å². The molecular formula is C13H19NO4. The van der Waals surface area contributed by atoms with Crippen molar-refractivity contribution in [1.82, 2.24) is 5.32 Å². The number of aliphatic carboxylic acids is 1. The normalized spacial score (nSPS) is 13.9. The molecule has 0 saturated carbocycles. The van der Waals surface area contributed by atoms with Gasteiger partial charge in [0.05, 0.1) is 6.61 Å². The van der Waals surface area contributed by atoms with Gasteiger partial charge in [0.25, 0.3) is 0 Å². The molecule has 5 heteroatoms. The van der Waals surface area contributed by atoms with Gasteiger partial charge >= 0.3 is 5.97 Å². The molecule has 0 aromatic heterocycles. The summed E-state index contributed by atoms with van der Waals surface area (Å²) in [5.74, 6) is -0.367. The zero-order valence-corrected chi connectivity index (χ0v) is 10.6. The molecule has 1 aromatic carbocycles. The first-order chi connectivity index (χ1) is 8.51. The van der Waals surface area contributed by atoms with Crippen molar-refractivity contribution in [1.29, 1.82) is 0 Å². The van der Waals surface area contributed by atoms with E-state index in [4.69, 9.17) is 14.9 Å². The molecular weight excluding hydrogens is 234 g/mol. The maximum atomic E-state index is 11.2. The van der Waals surface area contributed by atoms with Crippen LogP contribution in [0.4, 0.5) is 0 Å². The van der Waals surface area contributed by atoms with Crippen LogP contribution in [0.1, 0.15) is 19.4 Å². The van der Waals surface area contributed by atoms with Gasteiger partial charge in [0.1, 0.15) is 17.9 Å². The molecule has 18 heavy (non-hydrogen) atoms. The fourth-order valence-electron chi connectivity index (χ4n) is 1.50. The standard InChI is InChI=1S/C13H19NO4/c1-3-14-13(2,12(16)17)9-18-11-6-4-10(8-15)5-7-11/h4-7,14-15H,3,8-9H2,1-2H3,(H,16,17). The Balaban J connectivity index is 2.64. The number of carboxylic acid groups (broad SMARTS) is 1. The smallest absolute Gasteiger partial charge is 0.327 e. The number of nitrogens with one attached hydrogen (secondary N) is 1. The summed E-state index contributed by atoms with van der Waals surface area (Å²) >= 11 is 0. The molecule has 100 valence electrons. The molecule has 0 bridgehead atoms. The second-order valence-corrected chi connectivity index (χ2v) is 4.26. The minimum atomic E-state index is -1.11. The van der Waals surface area contributed by atoms with Crippen LogP contribution >= 0.6 is 0 Å². The molecule has 0 aliphatic carbocycles. The first-order valence-corrected chi connectivity index (χ1v) is 5.83. The Bertz CT molecular complexity index is 390. The fourth-order valence-corrected chi connectivity index (χ4v) is 1.50. The third-order valence-electron chi connectivity index (χ3n) is 2.67. The zero-order valence-electron chi connectivity index (χ0n) is 10.6. The Morgan fingerprint density at radius 2 is 2.00 bits per heavy atom. The summed E-state index contributed by atoms with van der Waals surface area (Å²) in [6, 6.07) is 6.89. The molecule has 0 radical (unpaired) electrons. The van der Waals surface area contributed by atoms with E-state index in [0.29, 0.717) is 12.3 Å². The molecule has 0 aliphatic rings. The molecule has 0 spiro atoms. The number of aliphatic hydroxyl groups excluding tert-OH is 1. The molecule has 1 unspecified atom stereocenters. The second-order valence-electron chi connectivity index (χ2n) is 4.26. The van der Waals surface area contributed by atoms with Crippen LogP contribution < -0.4 is 10.1 Å². The molecule has 0 saturated heterocycles. The maximum absolute atomic E-state index is 11.2. The van der Waals surface area contributed by atoms with E-state index < -0.39 is 11.5 Å². The summed E-state index contributed by atoms with van der Waals surface area (Å²) < 4.78 is 5.46. The van der Waals surface area contributed by atoms with Crippen LogP contribution in [-0.4, -0.2) is 34.9 Å². The lowest BCUT2D eigenvalue weighted by molar-refractivity contribution is -0.145.